The molecule has 0 atom stereocenters. The van der Waals surface area contributed by atoms with Crippen molar-refractivity contribution < 1.29 is 14.7 Å². The molecule has 0 saturated carbocycles. The van der Waals surface area contributed by atoms with Crippen LogP contribution in [0.25, 0.3) is 0 Å². The molecule has 92 valence electrons. The van der Waals surface area contributed by atoms with Crippen molar-refractivity contribution in [2.75, 3.05) is 0 Å². The van der Waals surface area contributed by atoms with E-state index in [4.69, 9.17) is 5.11 Å². The average molecular weight is 234 g/mol. The van der Waals surface area contributed by atoms with E-state index in [1.807, 2.05) is 18.2 Å². The minimum absolute atomic E-state index is 0.0463. The summed E-state index contributed by atoms with van der Waals surface area (Å²) in [5.74, 6) is -0.993. The Morgan fingerprint density at radius 1 is 1.12 bits per heavy atom. The molecule has 3 nitrogen and oxygen atoms in total. The highest BCUT2D eigenvalue weighted by Crippen LogP contribution is 1.92. The van der Waals surface area contributed by atoms with Crippen LogP contribution in [0, 0.1) is 19.8 Å². The highest BCUT2D eigenvalue weighted by Gasteiger charge is 1.97. The van der Waals surface area contributed by atoms with E-state index in [-0.39, 0.29) is 18.6 Å². The SMILES string of the molecule is C#C.CC(=O)CCC(=O)O.Cc1ccccc1. The quantitative estimate of drug-likeness (QED) is 0.818. The minimum Gasteiger partial charge on any atom is -0.481 e. The van der Waals surface area contributed by atoms with Gasteiger partial charge >= 0.3 is 5.97 Å². The van der Waals surface area contributed by atoms with Gasteiger partial charge in [0.15, 0.2) is 0 Å². The molecule has 0 bridgehead atoms. The van der Waals surface area contributed by atoms with E-state index in [1.165, 1.54) is 12.5 Å². The van der Waals surface area contributed by atoms with Crippen molar-refractivity contribution in [3.63, 3.8) is 0 Å². The van der Waals surface area contributed by atoms with Crippen molar-refractivity contribution in [2.24, 2.45) is 0 Å². The Morgan fingerprint density at radius 2 is 1.59 bits per heavy atom. The summed E-state index contributed by atoms with van der Waals surface area (Å²) in [5, 5.41) is 8.01. The summed E-state index contributed by atoms with van der Waals surface area (Å²) >= 11 is 0. The number of aryl methyl sites for hydroxylation is 1. The molecule has 0 aromatic heterocycles. The first kappa shape index (κ1) is 17.3. The van der Waals surface area contributed by atoms with Crippen LogP contribution >= 0.6 is 0 Å². The molecule has 0 amide bonds. The van der Waals surface area contributed by atoms with Crippen LogP contribution in [0.15, 0.2) is 30.3 Å². The number of terminal acetylenes is 1. The van der Waals surface area contributed by atoms with Gasteiger partial charge in [-0.15, -0.1) is 12.8 Å². The van der Waals surface area contributed by atoms with Gasteiger partial charge in [-0.2, -0.15) is 0 Å². The van der Waals surface area contributed by atoms with Crippen molar-refractivity contribution in [1.82, 2.24) is 0 Å². The van der Waals surface area contributed by atoms with Crippen LogP contribution in [-0.2, 0) is 9.59 Å². The van der Waals surface area contributed by atoms with Gasteiger partial charge in [-0.3, -0.25) is 4.79 Å². The van der Waals surface area contributed by atoms with Crippen LogP contribution < -0.4 is 0 Å². The molecule has 0 aliphatic carbocycles. The maximum atomic E-state index is 10.1. The average Bonchev–Trinajstić information content (AvgIpc) is 2.31. The molecule has 0 fully saturated rings. The van der Waals surface area contributed by atoms with Crippen molar-refractivity contribution in [2.45, 2.75) is 26.7 Å². The lowest BCUT2D eigenvalue weighted by molar-refractivity contribution is -0.138. The zero-order valence-electron chi connectivity index (χ0n) is 10.2. The van der Waals surface area contributed by atoms with E-state index in [9.17, 15) is 9.59 Å². The second-order valence-corrected chi connectivity index (χ2v) is 3.25. The van der Waals surface area contributed by atoms with Crippen LogP contribution in [0.4, 0.5) is 0 Å². The van der Waals surface area contributed by atoms with E-state index in [1.54, 1.807) is 0 Å². The monoisotopic (exact) mass is 234 g/mol. The highest BCUT2D eigenvalue weighted by atomic mass is 16.4. The first-order chi connectivity index (χ1) is 8.02. The van der Waals surface area contributed by atoms with Gasteiger partial charge in [-0.1, -0.05) is 35.9 Å². The molecular formula is C14H18O3. The highest BCUT2D eigenvalue weighted by molar-refractivity contribution is 5.80. The second-order valence-electron chi connectivity index (χ2n) is 3.25. The van der Waals surface area contributed by atoms with Crippen LogP contribution in [0.5, 0.6) is 0 Å². The van der Waals surface area contributed by atoms with E-state index < -0.39 is 5.97 Å². The number of carbonyl (C=O) groups excluding carboxylic acids is 1. The van der Waals surface area contributed by atoms with Crippen molar-refractivity contribution in [3.8, 4) is 12.8 Å². The lowest BCUT2D eigenvalue weighted by Gasteiger charge is -1.86. The smallest absolute Gasteiger partial charge is 0.303 e. The normalized spacial score (nSPS) is 7.76. The molecule has 0 spiro atoms. The standard InChI is InChI=1S/C7H8.C5H8O3.C2H2/c1-7-5-3-2-4-6-7;1-4(6)2-3-5(7)8;1-2/h2-6H,1H3;2-3H2,1H3,(H,7,8);1-2H. The van der Waals surface area contributed by atoms with Crippen LogP contribution in [0.1, 0.15) is 25.3 Å². The molecule has 0 radical (unpaired) electrons. The Kier molecular flexibility index (Phi) is 12.2. The lowest BCUT2D eigenvalue weighted by atomic mass is 10.2. The molecule has 1 aromatic rings. The molecule has 1 N–H and O–H groups in total. The predicted molar refractivity (Wildman–Crippen MR) is 68.6 cm³/mol. The number of ketones is 1. The molecule has 0 saturated heterocycles. The Balaban J connectivity index is 0. The lowest BCUT2D eigenvalue weighted by Crippen LogP contribution is -1.98. The van der Waals surface area contributed by atoms with Gasteiger partial charge in [0.05, 0.1) is 6.42 Å². The fourth-order valence-corrected chi connectivity index (χ4v) is 0.817. The van der Waals surface area contributed by atoms with Crippen molar-refractivity contribution in [3.05, 3.63) is 35.9 Å². The molecule has 17 heavy (non-hydrogen) atoms. The number of benzene rings is 1. The summed E-state index contributed by atoms with van der Waals surface area (Å²) in [6.45, 7) is 3.46. The Hall–Kier alpha value is -2.08. The van der Waals surface area contributed by atoms with Gasteiger partial charge < -0.3 is 9.90 Å². The summed E-state index contributed by atoms with van der Waals surface area (Å²) < 4.78 is 0. The molecular weight excluding hydrogens is 216 g/mol. The summed E-state index contributed by atoms with van der Waals surface area (Å²) in [7, 11) is 0. The van der Waals surface area contributed by atoms with Crippen molar-refractivity contribution >= 4 is 11.8 Å². The van der Waals surface area contributed by atoms with Crippen molar-refractivity contribution in [1.29, 1.82) is 0 Å². The Labute approximate surface area is 102 Å². The fraction of sp³-hybridized carbons (Fsp3) is 0.286. The number of aliphatic carboxylic acids is 1. The third-order valence-corrected chi connectivity index (χ3v) is 1.63. The first-order valence-corrected chi connectivity index (χ1v) is 5.08. The predicted octanol–water partition coefficient (Wildman–Crippen LogP) is 2.68. The first-order valence-electron chi connectivity index (χ1n) is 5.08. The Morgan fingerprint density at radius 3 is 1.76 bits per heavy atom. The van der Waals surface area contributed by atoms with Crippen LogP contribution in [-0.4, -0.2) is 16.9 Å². The third kappa shape index (κ3) is 16.6. The van der Waals surface area contributed by atoms with E-state index in [0.29, 0.717) is 0 Å². The molecule has 0 aliphatic rings. The molecule has 0 heterocycles. The van der Waals surface area contributed by atoms with E-state index in [0.717, 1.165) is 0 Å². The molecule has 0 aliphatic heterocycles. The van der Waals surface area contributed by atoms with Gasteiger partial charge in [0.1, 0.15) is 5.78 Å². The molecule has 1 aromatic carbocycles. The second kappa shape index (κ2) is 12.0. The minimum atomic E-state index is -0.916. The molecule has 0 unspecified atom stereocenters. The van der Waals surface area contributed by atoms with Gasteiger partial charge in [0, 0.05) is 6.42 Å². The van der Waals surface area contributed by atoms with Crippen LogP contribution in [0.2, 0.25) is 0 Å². The topological polar surface area (TPSA) is 54.4 Å². The van der Waals surface area contributed by atoms with Gasteiger partial charge in [0.2, 0.25) is 0 Å². The maximum Gasteiger partial charge on any atom is 0.303 e. The zero-order chi connectivity index (χ0) is 13.7. The van der Waals surface area contributed by atoms with Gasteiger partial charge in [-0.25, -0.2) is 0 Å². The number of carbonyl (C=O) groups is 2. The maximum absolute atomic E-state index is 10.1. The van der Waals surface area contributed by atoms with Gasteiger partial charge in [0.25, 0.3) is 0 Å². The van der Waals surface area contributed by atoms with E-state index >= 15 is 0 Å². The summed E-state index contributed by atoms with van der Waals surface area (Å²) in [6, 6.07) is 10.3. The number of carboxylic acids is 1. The van der Waals surface area contributed by atoms with Gasteiger partial charge in [-0.05, 0) is 13.8 Å². The van der Waals surface area contributed by atoms with E-state index in [2.05, 4.69) is 31.9 Å². The molecule has 1 rings (SSSR count). The summed E-state index contributed by atoms with van der Waals surface area (Å²) in [6.07, 6.45) is 8.10. The third-order valence-electron chi connectivity index (χ3n) is 1.63. The largest absolute Gasteiger partial charge is 0.481 e. The number of carboxylic acid groups (broad SMARTS) is 1. The molecule has 3 heteroatoms. The number of rotatable bonds is 3. The number of hydrogen-bond donors (Lipinski definition) is 1. The summed E-state index contributed by atoms with van der Waals surface area (Å²) in [5.41, 5.74) is 1.32. The Bertz CT molecular complexity index is 325. The fourth-order valence-electron chi connectivity index (χ4n) is 0.817. The van der Waals surface area contributed by atoms with Crippen LogP contribution in [0.3, 0.4) is 0 Å². The number of Topliss-reactive ketones (excluding diaryl/α,β-unsaturated/α-hetero) is 1. The number of hydrogen-bond acceptors (Lipinski definition) is 2. The zero-order valence-corrected chi connectivity index (χ0v) is 10.2. The summed E-state index contributed by atoms with van der Waals surface area (Å²) in [4.78, 5) is 19.8.